The number of aliphatic carboxylic acids is 1. The van der Waals surface area contributed by atoms with Crippen LogP contribution in [0.3, 0.4) is 0 Å². The first-order chi connectivity index (χ1) is 8.20. The number of carboxylic acids is 1. The van der Waals surface area contributed by atoms with Gasteiger partial charge in [-0.2, -0.15) is 4.79 Å². The van der Waals surface area contributed by atoms with Crippen LogP contribution in [-0.4, -0.2) is 33.4 Å². The average Bonchev–Trinajstić information content (AvgIpc) is 2.62. The highest BCUT2D eigenvalue weighted by Gasteiger charge is 2.26. The van der Waals surface area contributed by atoms with Crippen LogP contribution in [0.15, 0.2) is 12.5 Å². The zero-order valence-corrected chi connectivity index (χ0v) is 10.6. The van der Waals surface area contributed by atoms with E-state index in [0.29, 0.717) is 5.69 Å². The maximum Gasteiger partial charge on any atom is 0.512 e. The SMILES string of the molecule is CC(C)(C)OC(=O)n1c[nH+]cc1CC(N)C(=O)O. The summed E-state index contributed by atoms with van der Waals surface area (Å²) < 4.78 is 6.40. The van der Waals surface area contributed by atoms with E-state index in [2.05, 4.69) is 4.98 Å². The van der Waals surface area contributed by atoms with Gasteiger partial charge < -0.3 is 15.6 Å². The molecular weight excluding hydrogens is 238 g/mol. The molecule has 7 nitrogen and oxygen atoms in total. The minimum Gasteiger partial charge on any atom is -0.480 e. The lowest BCUT2D eigenvalue weighted by Crippen LogP contribution is -2.34. The van der Waals surface area contributed by atoms with E-state index in [1.165, 1.54) is 17.1 Å². The van der Waals surface area contributed by atoms with E-state index in [1.807, 2.05) is 0 Å². The zero-order valence-electron chi connectivity index (χ0n) is 10.6. The molecule has 1 heterocycles. The highest BCUT2D eigenvalue weighted by atomic mass is 16.6. The highest BCUT2D eigenvalue weighted by molar-refractivity contribution is 5.74. The lowest BCUT2D eigenvalue weighted by molar-refractivity contribution is -0.377. The van der Waals surface area contributed by atoms with E-state index in [-0.39, 0.29) is 6.42 Å². The van der Waals surface area contributed by atoms with Gasteiger partial charge in [0.1, 0.15) is 17.8 Å². The van der Waals surface area contributed by atoms with E-state index in [4.69, 9.17) is 15.6 Å². The highest BCUT2D eigenvalue weighted by Crippen LogP contribution is 2.10. The lowest BCUT2D eigenvalue weighted by Gasteiger charge is -2.17. The summed E-state index contributed by atoms with van der Waals surface area (Å²) in [5, 5.41) is 8.74. The fraction of sp³-hybridized carbons (Fsp3) is 0.545. The second kappa shape index (κ2) is 5.18. The van der Waals surface area contributed by atoms with Crippen LogP contribution in [0.4, 0.5) is 4.79 Å². The van der Waals surface area contributed by atoms with Gasteiger partial charge in [-0.05, 0) is 20.8 Å². The summed E-state index contributed by atoms with van der Waals surface area (Å²) in [6.07, 6.45) is 2.39. The molecule has 0 spiro atoms. The lowest BCUT2D eigenvalue weighted by atomic mass is 10.2. The Hall–Kier alpha value is -1.89. The first-order valence-corrected chi connectivity index (χ1v) is 5.50. The van der Waals surface area contributed by atoms with Crippen molar-refractivity contribution in [3.63, 3.8) is 0 Å². The normalized spacial score (nSPS) is 13.1. The molecule has 1 unspecified atom stereocenters. The molecule has 1 atom stereocenters. The van der Waals surface area contributed by atoms with Gasteiger partial charge in [-0.3, -0.25) is 4.79 Å². The fourth-order valence-electron chi connectivity index (χ4n) is 1.31. The third-order valence-corrected chi connectivity index (χ3v) is 2.10. The summed E-state index contributed by atoms with van der Waals surface area (Å²) >= 11 is 0. The molecule has 0 aliphatic heterocycles. The molecule has 1 aromatic heterocycles. The number of aromatic nitrogens is 2. The molecule has 100 valence electrons. The smallest absolute Gasteiger partial charge is 0.480 e. The van der Waals surface area contributed by atoms with Crippen molar-refractivity contribution in [2.24, 2.45) is 5.73 Å². The Kier molecular flexibility index (Phi) is 4.07. The van der Waals surface area contributed by atoms with Crippen LogP contribution in [0.5, 0.6) is 0 Å². The third kappa shape index (κ3) is 3.85. The van der Waals surface area contributed by atoms with Gasteiger partial charge in [0.25, 0.3) is 6.33 Å². The van der Waals surface area contributed by atoms with Crippen molar-refractivity contribution in [3.8, 4) is 0 Å². The Morgan fingerprint density at radius 3 is 2.67 bits per heavy atom. The number of carbonyl (C=O) groups excluding carboxylic acids is 1. The number of nitrogens with zero attached hydrogens (tertiary/aromatic N) is 1. The Bertz CT molecular complexity index is 447. The van der Waals surface area contributed by atoms with Gasteiger partial charge >= 0.3 is 12.1 Å². The maximum atomic E-state index is 11.8. The molecule has 1 aromatic rings. The van der Waals surface area contributed by atoms with E-state index >= 15 is 0 Å². The van der Waals surface area contributed by atoms with Gasteiger partial charge in [0.2, 0.25) is 0 Å². The van der Waals surface area contributed by atoms with Gasteiger partial charge in [-0.25, -0.2) is 4.98 Å². The minimum atomic E-state index is -1.12. The number of aromatic amines is 1. The maximum absolute atomic E-state index is 11.8. The summed E-state index contributed by atoms with van der Waals surface area (Å²) in [6.45, 7) is 5.25. The topological polar surface area (TPSA) is 109 Å². The van der Waals surface area contributed by atoms with Crippen molar-refractivity contribution in [2.45, 2.75) is 38.8 Å². The molecule has 0 aromatic carbocycles. The molecule has 0 radical (unpaired) electrons. The van der Waals surface area contributed by atoms with Gasteiger partial charge in [-0.15, -0.1) is 4.57 Å². The number of nitrogens with one attached hydrogen (secondary N) is 1. The second-order valence-electron chi connectivity index (χ2n) is 4.93. The van der Waals surface area contributed by atoms with Crippen molar-refractivity contribution < 1.29 is 24.4 Å². The number of ether oxygens (including phenoxy) is 1. The quantitative estimate of drug-likeness (QED) is 0.793. The first kappa shape index (κ1) is 14.2. The molecule has 4 N–H and O–H groups in total. The molecule has 0 aliphatic rings. The van der Waals surface area contributed by atoms with Crippen LogP contribution in [-0.2, 0) is 16.0 Å². The number of hydrogen-bond acceptors (Lipinski definition) is 4. The van der Waals surface area contributed by atoms with Gasteiger partial charge in [0.15, 0.2) is 5.69 Å². The van der Waals surface area contributed by atoms with Crippen molar-refractivity contribution in [2.75, 3.05) is 0 Å². The first-order valence-electron chi connectivity index (χ1n) is 5.50. The Labute approximate surface area is 105 Å². The molecule has 18 heavy (non-hydrogen) atoms. The summed E-state index contributed by atoms with van der Waals surface area (Å²) in [4.78, 5) is 25.2. The van der Waals surface area contributed by atoms with Crippen LogP contribution in [0.25, 0.3) is 0 Å². The van der Waals surface area contributed by atoms with E-state index in [9.17, 15) is 9.59 Å². The molecule has 0 fully saturated rings. The fourth-order valence-corrected chi connectivity index (χ4v) is 1.31. The van der Waals surface area contributed by atoms with Gasteiger partial charge in [0.05, 0.1) is 0 Å². The number of imidazole rings is 1. The molecule has 7 heteroatoms. The van der Waals surface area contributed by atoms with Gasteiger partial charge in [-0.1, -0.05) is 0 Å². The average molecular weight is 256 g/mol. The Balaban J connectivity index is 2.82. The van der Waals surface area contributed by atoms with Crippen LogP contribution in [0.2, 0.25) is 0 Å². The Morgan fingerprint density at radius 2 is 2.17 bits per heavy atom. The van der Waals surface area contributed by atoms with Crippen LogP contribution in [0.1, 0.15) is 26.5 Å². The molecule has 1 rings (SSSR count). The van der Waals surface area contributed by atoms with E-state index < -0.39 is 23.7 Å². The van der Waals surface area contributed by atoms with Gasteiger partial charge in [0, 0.05) is 6.42 Å². The second-order valence-corrected chi connectivity index (χ2v) is 4.93. The van der Waals surface area contributed by atoms with Crippen LogP contribution in [0, 0.1) is 0 Å². The molecule has 0 saturated carbocycles. The standard InChI is InChI=1S/C11H17N3O4/c1-11(2,3)18-10(17)14-6-13-5-7(14)4-8(12)9(15)16/h5-6,8H,4,12H2,1-3H3,(H,15,16)/p+1. The summed E-state index contributed by atoms with van der Waals surface area (Å²) in [5.41, 5.74) is 5.27. The number of carboxylic acid groups (broad SMARTS) is 1. The van der Waals surface area contributed by atoms with E-state index in [0.717, 1.165) is 0 Å². The zero-order chi connectivity index (χ0) is 13.9. The number of rotatable bonds is 3. The molecular formula is C11H18N3O4+. The Morgan fingerprint density at radius 1 is 1.56 bits per heavy atom. The van der Waals surface area contributed by atoms with Crippen molar-refractivity contribution in [3.05, 3.63) is 18.2 Å². The predicted molar refractivity (Wildman–Crippen MR) is 61.9 cm³/mol. The monoisotopic (exact) mass is 256 g/mol. The number of nitrogens with two attached hydrogens (primary N) is 1. The number of hydrogen-bond donors (Lipinski definition) is 2. The van der Waals surface area contributed by atoms with Crippen LogP contribution < -0.4 is 10.7 Å². The summed E-state index contributed by atoms with van der Waals surface area (Å²) in [5.74, 6) is -1.12. The summed E-state index contributed by atoms with van der Waals surface area (Å²) in [6, 6.07) is -1.06. The van der Waals surface area contributed by atoms with Crippen molar-refractivity contribution >= 4 is 12.1 Å². The molecule has 0 amide bonds. The van der Waals surface area contributed by atoms with E-state index in [1.54, 1.807) is 20.8 Å². The molecule has 0 bridgehead atoms. The predicted octanol–water partition coefficient (Wildman–Crippen LogP) is 0.0398. The summed E-state index contributed by atoms with van der Waals surface area (Å²) in [7, 11) is 0. The molecule has 0 saturated heterocycles. The van der Waals surface area contributed by atoms with Crippen molar-refractivity contribution in [1.82, 2.24) is 4.57 Å². The molecule has 0 aliphatic carbocycles. The largest absolute Gasteiger partial charge is 0.512 e. The number of H-pyrrole nitrogens is 1. The van der Waals surface area contributed by atoms with Crippen LogP contribution >= 0.6 is 0 Å². The minimum absolute atomic E-state index is 0.0398. The van der Waals surface area contributed by atoms with Crippen molar-refractivity contribution in [1.29, 1.82) is 0 Å². The number of carbonyl (C=O) groups is 2. The third-order valence-electron chi connectivity index (χ3n) is 2.10.